The Hall–Kier alpha value is -2.42. The molecular formula is C17H12FNO. The van der Waals surface area contributed by atoms with Gasteiger partial charge in [-0.3, -0.25) is 4.79 Å². The van der Waals surface area contributed by atoms with Gasteiger partial charge in [-0.25, -0.2) is 4.39 Å². The molecule has 1 N–H and O–H groups in total. The van der Waals surface area contributed by atoms with Gasteiger partial charge in [0.05, 0.1) is 5.92 Å². The van der Waals surface area contributed by atoms with Crippen LogP contribution in [0.3, 0.4) is 0 Å². The minimum absolute atomic E-state index is 0.0600. The Labute approximate surface area is 115 Å². The number of benzene rings is 2. The zero-order valence-electron chi connectivity index (χ0n) is 10.7. The monoisotopic (exact) mass is 265 g/mol. The summed E-state index contributed by atoms with van der Waals surface area (Å²) in [5.41, 5.74) is 3.69. The summed E-state index contributed by atoms with van der Waals surface area (Å²) in [5.74, 6) is -0.246. The van der Waals surface area contributed by atoms with Crippen molar-refractivity contribution < 1.29 is 9.18 Å². The van der Waals surface area contributed by atoms with E-state index in [0.29, 0.717) is 11.1 Å². The van der Waals surface area contributed by atoms with Gasteiger partial charge in [-0.15, -0.1) is 0 Å². The Morgan fingerprint density at radius 1 is 1.20 bits per heavy atom. The molecule has 3 aromatic rings. The highest BCUT2D eigenvalue weighted by Gasteiger charge is 2.33. The topological polar surface area (TPSA) is 32.9 Å². The Kier molecular flexibility index (Phi) is 2.30. The smallest absolute Gasteiger partial charge is 0.172 e. The first-order valence-corrected chi connectivity index (χ1v) is 6.62. The summed E-state index contributed by atoms with van der Waals surface area (Å²) in [4.78, 5) is 15.6. The predicted molar refractivity (Wildman–Crippen MR) is 75.5 cm³/mol. The molecule has 1 aliphatic carbocycles. The quantitative estimate of drug-likeness (QED) is 0.702. The number of aromatic amines is 1. The number of aromatic nitrogens is 1. The van der Waals surface area contributed by atoms with Crippen molar-refractivity contribution in [1.29, 1.82) is 0 Å². The Balaban J connectivity index is 1.76. The summed E-state index contributed by atoms with van der Waals surface area (Å²) < 4.78 is 13.2. The maximum atomic E-state index is 13.2. The fourth-order valence-electron chi connectivity index (χ4n) is 2.98. The van der Waals surface area contributed by atoms with E-state index in [4.69, 9.17) is 0 Å². The maximum absolute atomic E-state index is 13.2. The highest BCUT2D eigenvalue weighted by molar-refractivity contribution is 6.11. The van der Waals surface area contributed by atoms with Crippen LogP contribution in [-0.4, -0.2) is 10.8 Å². The number of hydrogen-bond acceptors (Lipinski definition) is 1. The van der Waals surface area contributed by atoms with Crippen LogP contribution in [-0.2, 0) is 6.42 Å². The van der Waals surface area contributed by atoms with Gasteiger partial charge in [-0.2, -0.15) is 0 Å². The minimum atomic E-state index is -0.299. The van der Waals surface area contributed by atoms with E-state index in [1.54, 1.807) is 12.3 Å². The molecule has 1 atom stereocenters. The third-order valence-corrected chi connectivity index (χ3v) is 4.08. The van der Waals surface area contributed by atoms with Gasteiger partial charge in [0.1, 0.15) is 5.82 Å². The van der Waals surface area contributed by atoms with Crippen LogP contribution in [0.2, 0.25) is 0 Å². The van der Waals surface area contributed by atoms with E-state index in [2.05, 4.69) is 11.1 Å². The highest BCUT2D eigenvalue weighted by Crippen LogP contribution is 2.38. The molecule has 1 aromatic heterocycles. The second-order valence-corrected chi connectivity index (χ2v) is 5.21. The van der Waals surface area contributed by atoms with Gasteiger partial charge < -0.3 is 4.98 Å². The van der Waals surface area contributed by atoms with Crippen molar-refractivity contribution in [3.05, 3.63) is 71.2 Å². The second-order valence-electron chi connectivity index (χ2n) is 5.21. The number of carbonyl (C=O) groups excluding carboxylic acids is 1. The summed E-state index contributed by atoms with van der Waals surface area (Å²) in [6, 6.07) is 12.5. The number of hydrogen-bond donors (Lipinski definition) is 1. The van der Waals surface area contributed by atoms with E-state index < -0.39 is 0 Å². The molecule has 0 bridgehead atoms. The highest BCUT2D eigenvalue weighted by atomic mass is 19.1. The molecule has 98 valence electrons. The van der Waals surface area contributed by atoms with Gasteiger partial charge in [0.15, 0.2) is 5.78 Å². The van der Waals surface area contributed by atoms with Crippen molar-refractivity contribution in [3.8, 4) is 0 Å². The molecule has 2 nitrogen and oxygen atoms in total. The average molecular weight is 265 g/mol. The van der Waals surface area contributed by atoms with Crippen LogP contribution >= 0.6 is 0 Å². The van der Waals surface area contributed by atoms with Crippen LogP contribution in [0, 0.1) is 5.82 Å². The van der Waals surface area contributed by atoms with E-state index in [9.17, 15) is 9.18 Å². The first-order valence-electron chi connectivity index (χ1n) is 6.62. The number of nitrogens with one attached hydrogen (secondary N) is 1. The molecule has 0 saturated heterocycles. The van der Waals surface area contributed by atoms with Crippen LogP contribution in [0.5, 0.6) is 0 Å². The third kappa shape index (κ3) is 1.53. The largest absolute Gasteiger partial charge is 0.360 e. The molecule has 0 radical (unpaired) electrons. The lowest BCUT2D eigenvalue weighted by molar-refractivity contribution is 0.0950. The molecule has 0 fully saturated rings. The lowest BCUT2D eigenvalue weighted by Gasteiger charge is -2.28. The maximum Gasteiger partial charge on any atom is 0.172 e. The summed E-state index contributed by atoms with van der Waals surface area (Å²) in [7, 11) is 0. The molecule has 1 aliphatic rings. The Morgan fingerprint density at radius 2 is 2.05 bits per heavy atom. The first-order chi connectivity index (χ1) is 9.74. The van der Waals surface area contributed by atoms with Crippen molar-refractivity contribution in [2.24, 2.45) is 0 Å². The minimum Gasteiger partial charge on any atom is -0.360 e. The Bertz CT molecular complexity index is 834. The third-order valence-electron chi connectivity index (χ3n) is 4.08. The van der Waals surface area contributed by atoms with Crippen molar-refractivity contribution in [3.63, 3.8) is 0 Å². The number of rotatable bonds is 2. The molecule has 0 spiro atoms. The van der Waals surface area contributed by atoms with Crippen LogP contribution in [0.1, 0.15) is 27.4 Å². The first kappa shape index (κ1) is 11.4. The van der Waals surface area contributed by atoms with E-state index >= 15 is 0 Å². The summed E-state index contributed by atoms with van der Waals surface area (Å²) in [6.45, 7) is 0. The molecule has 0 aliphatic heterocycles. The van der Waals surface area contributed by atoms with Crippen LogP contribution in [0.25, 0.3) is 10.9 Å². The van der Waals surface area contributed by atoms with Crippen LogP contribution in [0.4, 0.5) is 4.39 Å². The van der Waals surface area contributed by atoms with Crippen molar-refractivity contribution >= 4 is 16.7 Å². The number of ketones is 1. The van der Waals surface area contributed by atoms with Crippen molar-refractivity contribution in [1.82, 2.24) is 4.98 Å². The normalized spacial score (nSPS) is 16.8. The molecular weight excluding hydrogens is 253 g/mol. The zero-order valence-corrected chi connectivity index (χ0v) is 10.7. The molecule has 4 rings (SSSR count). The molecule has 20 heavy (non-hydrogen) atoms. The zero-order chi connectivity index (χ0) is 13.7. The molecule has 0 saturated carbocycles. The van der Waals surface area contributed by atoms with Crippen molar-refractivity contribution in [2.45, 2.75) is 12.3 Å². The van der Waals surface area contributed by atoms with E-state index in [1.165, 1.54) is 17.7 Å². The molecule has 3 heteroatoms. The Morgan fingerprint density at radius 3 is 2.90 bits per heavy atom. The predicted octanol–water partition coefficient (Wildman–Crippen LogP) is 3.83. The number of H-pyrrole nitrogens is 1. The fraction of sp³-hybridized carbons (Fsp3) is 0.118. The van der Waals surface area contributed by atoms with Gasteiger partial charge in [0.2, 0.25) is 0 Å². The SMILES string of the molecule is O=C(c1c[nH]c2cc(F)ccc12)C1Cc2ccccc21. The molecule has 2 aromatic carbocycles. The van der Waals surface area contributed by atoms with Gasteiger partial charge in [-0.1, -0.05) is 24.3 Å². The average Bonchev–Trinajstić information content (AvgIpc) is 2.83. The lowest BCUT2D eigenvalue weighted by Crippen LogP contribution is -2.25. The molecule has 1 unspecified atom stereocenters. The van der Waals surface area contributed by atoms with E-state index in [0.717, 1.165) is 17.4 Å². The summed E-state index contributed by atoms with van der Waals surface area (Å²) in [6.07, 6.45) is 2.48. The number of carbonyl (C=O) groups is 1. The van der Waals surface area contributed by atoms with E-state index in [-0.39, 0.29) is 17.5 Å². The lowest BCUT2D eigenvalue weighted by atomic mass is 9.74. The number of Topliss-reactive ketones (excluding diaryl/α,β-unsaturated/α-hetero) is 1. The van der Waals surface area contributed by atoms with Gasteiger partial charge in [-0.05, 0) is 35.7 Å². The van der Waals surface area contributed by atoms with Crippen molar-refractivity contribution in [2.75, 3.05) is 0 Å². The standard InChI is InChI=1S/C17H12FNO/c18-11-5-6-13-15(9-19-16(13)8-11)17(20)14-7-10-3-1-2-4-12(10)14/h1-6,8-9,14,19H,7H2. The summed E-state index contributed by atoms with van der Waals surface area (Å²) in [5, 5.41) is 0.792. The van der Waals surface area contributed by atoms with Gasteiger partial charge in [0, 0.05) is 22.7 Å². The van der Waals surface area contributed by atoms with Gasteiger partial charge in [0.25, 0.3) is 0 Å². The molecule has 1 heterocycles. The summed E-state index contributed by atoms with van der Waals surface area (Å²) >= 11 is 0. The van der Waals surface area contributed by atoms with Crippen LogP contribution in [0.15, 0.2) is 48.7 Å². The fourth-order valence-corrected chi connectivity index (χ4v) is 2.98. The molecule has 0 amide bonds. The van der Waals surface area contributed by atoms with E-state index in [1.807, 2.05) is 18.2 Å². The number of fused-ring (bicyclic) bond motifs is 2. The van der Waals surface area contributed by atoms with Crippen LogP contribution < -0.4 is 0 Å². The second kappa shape index (κ2) is 4.04. The van der Waals surface area contributed by atoms with Gasteiger partial charge >= 0.3 is 0 Å². The number of halogens is 1.